The maximum Gasteiger partial charge on any atom is 0.303 e. The third kappa shape index (κ3) is 3.32. The van der Waals surface area contributed by atoms with Crippen LogP contribution in [0, 0.1) is 0 Å². The third-order valence-electron chi connectivity index (χ3n) is 4.97. The van der Waals surface area contributed by atoms with Crippen LogP contribution in [0.4, 0.5) is 0 Å². The van der Waals surface area contributed by atoms with Crippen LogP contribution < -0.4 is 0 Å². The van der Waals surface area contributed by atoms with Gasteiger partial charge in [0.15, 0.2) is 6.10 Å². The maximum absolute atomic E-state index is 11.8. The first-order valence-electron chi connectivity index (χ1n) is 8.88. The molecular weight excluding hydrogens is 408 g/mol. The van der Waals surface area contributed by atoms with Gasteiger partial charge in [-0.2, -0.15) is 0 Å². The Morgan fingerprint density at radius 3 is 2.26 bits per heavy atom. The molecule has 0 spiro atoms. The highest BCUT2D eigenvalue weighted by Gasteiger charge is 2.39. The van der Waals surface area contributed by atoms with Crippen LogP contribution in [0.15, 0.2) is 48.5 Å². The highest BCUT2D eigenvalue weighted by atomic mass is 79.9. The van der Waals surface area contributed by atoms with Gasteiger partial charge in [0, 0.05) is 30.7 Å². The summed E-state index contributed by atoms with van der Waals surface area (Å²) in [6, 6.07) is 16.6. The molecule has 4 rings (SSSR count). The average molecular weight is 427 g/mol. The molecule has 4 nitrogen and oxygen atoms in total. The molecule has 0 fully saturated rings. The van der Waals surface area contributed by atoms with Gasteiger partial charge in [-0.1, -0.05) is 52.3 Å². The molecular formula is C22H19BrO4. The number of hydrogen-bond acceptors (Lipinski definition) is 4. The summed E-state index contributed by atoms with van der Waals surface area (Å²) >= 11 is 3.71. The minimum atomic E-state index is -0.625. The second-order valence-electron chi connectivity index (χ2n) is 6.87. The predicted molar refractivity (Wildman–Crippen MR) is 108 cm³/mol. The number of esters is 2. The zero-order valence-corrected chi connectivity index (χ0v) is 16.7. The molecule has 1 aliphatic carbocycles. The second kappa shape index (κ2) is 6.97. The molecule has 0 aliphatic heterocycles. The number of ether oxygens (including phenoxy) is 2. The van der Waals surface area contributed by atoms with Crippen LogP contribution in [0.2, 0.25) is 0 Å². The summed E-state index contributed by atoms with van der Waals surface area (Å²) in [7, 11) is 0. The molecule has 0 radical (unpaired) electrons. The van der Waals surface area contributed by atoms with Gasteiger partial charge in [-0.3, -0.25) is 9.59 Å². The minimum absolute atomic E-state index is 0.0135. The standard InChI is InChI=1S/C22H19BrO4/c1-12(24)26-20-11-19(23)17-8-7-16-9-14-5-3-4-6-15(14)10-18(16)21(17)22(20)27-13(2)25/h3-10,19-20,22H,11H2,1-2H3. The summed E-state index contributed by atoms with van der Waals surface area (Å²) in [5.74, 6) is -0.778. The molecule has 0 amide bonds. The molecule has 0 saturated carbocycles. The SMILES string of the molecule is CC(=O)OC1CC(Br)c2ccc3cc4ccccc4cc3c2C1OC(C)=O. The first-order valence-corrected chi connectivity index (χ1v) is 9.79. The van der Waals surface area contributed by atoms with Crippen molar-refractivity contribution in [1.82, 2.24) is 0 Å². The number of halogens is 1. The van der Waals surface area contributed by atoms with E-state index in [1.54, 1.807) is 0 Å². The van der Waals surface area contributed by atoms with Crippen LogP contribution in [-0.2, 0) is 19.1 Å². The topological polar surface area (TPSA) is 52.6 Å². The highest BCUT2D eigenvalue weighted by molar-refractivity contribution is 9.09. The van der Waals surface area contributed by atoms with Crippen LogP contribution in [0.25, 0.3) is 21.5 Å². The maximum atomic E-state index is 11.8. The van der Waals surface area contributed by atoms with Gasteiger partial charge < -0.3 is 9.47 Å². The Morgan fingerprint density at radius 1 is 0.926 bits per heavy atom. The number of rotatable bonds is 2. The molecule has 138 valence electrons. The first kappa shape index (κ1) is 18.0. The van der Waals surface area contributed by atoms with Crippen LogP contribution in [0.1, 0.15) is 42.3 Å². The molecule has 3 aromatic rings. The number of carbonyl (C=O) groups excluding carboxylic acids is 2. The molecule has 1 aliphatic rings. The van der Waals surface area contributed by atoms with Crippen molar-refractivity contribution in [2.75, 3.05) is 0 Å². The average Bonchev–Trinajstić information content (AvgIpc) is 2.62. The Hall–Kier alpha value is -2.40. The van der Waals surface area contributed by atoms with Gasteiger partial charge in [-0.05, 0) is 39.2 Å². The summed E-state index contributed by atoms with van der Waals surface area (Å²) < 4.78 is 11.2. The Balaban J connectivity index is 1.98. The van der Waals surface area contributed by atoms with Crippen LogP contribution in [-0.4, -0.2) is 18.0 Å². The lowest BCUT2D eigenvalue weighted by molar-refractivity contribution is -0.167. The summed E-state index contributed by atoms with van der Waals surface area (Å²) in [6.45, 7) is 2.76. The number of carbonyl (C=O) groups is 2. The lowest BCUT2D eigenvalue weighted by Crippen LogP contribution is -2.33. The molecule has 0 N–H and O–H groups in total. The van der Waals surface area contributed by atoms with E-state index in [0.29, 0.717) is 6.42 Å². The molecule has 3 unspecified atom stereocenters. The molecule has 0 saturated heterocycles. The number of fused-ring (bicyclic) bond motifs is 4. The quantitative estimate of drug-likeness (QED) is 0.314. The first-order chi connectivity index (χ1) is 12.9. The van der Waals surface area contributed by atoms with Gasteiger partial charge in [0.25, 0.3) is 0 Å². The number of benzene rings is 3. The van der Waals surface area contributed by atoms with Crippen molar-refractivity contribution in [2.45, 2.75) is 37.3 Å². The van der Waals surface area contributed by atoms with E-state index in [1.807, 2.05) is 12.1 Å². The highest BCUT2D eigenvalue weighted by Crippen LogP contribution is 2.47. The fourth-order valence-electron chi connectivity index (χ4n) is 3.92. The number of hydrogen-bond donors (Lipinski definition) is 0. The molecule has 0 heterocycles. The van der Waals surface area contributed by atoms with Gasteiger partial charge in [0.1, 0.15) is 6.10 Å². The van der Waals surface area contributed by atoms with E-state index in [0.717, 1.165) is 32.7 Å². The van der Waals surface area contributed by atoms with Gasteiger partial charge >= 0.3 is 11.9 Å². The van der Waals surface area contributed by atoms with E-state index in [9.17, 15) is 9.59 Å². The van der Waals surface area contributed by atoms with E-state index in [-0.39, 0.29) is 10.8 Å². The smallest absolute Gasteiger partial charge is 0.303 e. The van der Waals surface area contributed by atoms with Crippen LogP contribution in [0.5, 0.6) is 0 Å². The fourth-order valence-corrected chi connectivity index (χ4v) is 4.69. The Bertz CT molecular complexity index is 1060. The zero-order valence-electron chi connectivity index (χ0n) is 15.1. The molecule has 27 heavy (non-hydrogen) atoms. The monoisotopic (exact) mass is 426 g/mol. The van der Waals surface area contributed by atoms with Crippen molar-refractivity contribution in [1.29, 1.82) is 0 Å². The van der Waals surface area contributed by atoms with Gasteiger partial charge in [0.05, 0.1) is 0 Å². The largest absolute Gasteiger partial charge is 0.458 e. The van der Waals surface area contributed by atoms with E-state index in [2.05, 4.69) is 52.3 Å². The molecule has 3 aromatic carbocycles. The lowest BCUT2D eigenvalue weighted by atomic mass is 9.83. The molecule has 3 atom stereocenters. The second-order valence-corrected chi connectivity index (χ2v) is 7.98. The van der Waals surface area contributed by atoms with E-state index < -0.39 is 18.2 Å². The van der Waals surface area contributed by atoms with Crippen LogP contribution in [0.3, 0.4) is 0 Å². The van der Waals surface area contributed by atoms with Crippen molar-refractivity contribution in [3.63, 3.8) is 0 Å². The molecule has 0 aromatic heterocycles. The van der Waals surface area contributed by atoms with Crippen molar-refractivity contribution < 1.29 is 19.1 Å². The van der Waals surface area contributed by atoms with Gasteiger partial charge in [-0.15, -0.1) is 0 Å². The Kier molecular flexibility index (Phi) is 4.64. The van der Waals surface area contributed by atoms with E-state index >= 15 is 0 Å². The van der Waals surface area contributed by atoms with E-state index in [1.165, 1.54) is 13.8 Å². The fraction of sp³-hybridized carbons (Fsp3) is 0.273. The number of alkyl halides is 1. The summed E-state index contributed by atoms with van der Waals surface area (Å²) in [4.78, 5) is 23.4. The van der Waals surface area contributed by atoms with E-state index in [4.69, 9.17) is 9.47 Å². The summed E-state index contributed by atoms with van der Waals surface area (Å²) in [5.41, 5.74) is 1.97. The molecule has 5 heteroatoms. The predicted octanol–water partition coefficient (Wildman–Crippen LogP) is 5.37. The van der Waals surface area contributed by atoms with Crippen molar-refractivity contribution >= 4 is 49.4 Å². The normalized spacial score (nSPS) is 21.7. The molecule has 0 bridgehead atoms. The lowest BCUT2D eigenvalue weighted by Gasteiger charge is -2.35. The van der Waals surface area contributed by atoms with Gasteiger partial charge in [-0.25, -0.2) is 0 Å². The third-order valence-corrected chi connectivity index (χ3v) is 5.84. The summed E-state index contributed by atoms with van der Waals surface area (Å²) in [5, 5.41) is 4.34. The van der Waals surface area contributed by atoms with Crippen LogP contribution >= 0.6 is 15.9 Å². The Labute approximate surface area is 165 Å². The zero-order chi connectivity index (χ0) is 19.1. The van der Waals surface area contributed by atoms with Gasteiger partial charge in [0.2, 0.25) is 0 Å². The van der Waals surface area contributed by atoms with Crippen molar-refractivity contribution in [2.24, 2.45) is 0 Å². The minimum Gasteiger partial charge on any atom is -0.458 e. The summed E-state index contributed by atoms with van der Waals surface area (Å²) in [6.07, 6.45) is -0.607. The Morgan fingerprint density at radius 2 is 1.59 bits per heavy atom. The van der Waals surface area contributed by atoms with Crippen molar-refractivity contribution in [3.05, 3.63) is 59.7 Å². The van der Waals surface area contributed by atoms with Crippen molar-refractivity contribution in [3.8, 4) is 0 Å².